The Morgan fingerprint density at radius 2 is 1.97 bits per heavy atom. The van der Waals surface area contributed by atoms with Crippen LogP contribution in [0.1, 0.15) is 40.2 Å². The van der Waals surface area contributed by atoms with Gasteiger partial charge in [-0.3, -0.25) is 14.5 Å². The number of hydrogen-bond acceptors (Lipinski definition) is 6. The van der Waals surface area contributed by atoms with Crippen LogP contribution in [0.15, 0.2) is 69.9 Å². The average molecular weight is 489 g/mol. The number of benzene rings is 3. The molecule has 0 saturated heterocycles. The number of aromatic nitrogens is 1. The van der Waals surface area contributed by atoms with Gasteiger partial charge in [-0.15, -0.1) is 0 Å². The number of thiazole rings is 1. The van der Waals surface area contributed by atoms with Crippen LogP contribution in [0.3, 0.4) is 0 Å². The topological polar surface area (TPSA) is 83.6 Å². The van der Waals surface area contributed by atoms with Crippen molar-refractivity contribution in [3.05, 3.63) is 98.4 Å². The van der Waals surface area contributed by atoms with Gasteiger partial charge in [-0.1, -0.05) is 48.1 Å². The van der Waals surface area contributed by atoms with Gasteiger partial charge in [-0.05, 0) is 60.0 Å². The van der Waals surface area contributed by atoms with Crippen LogP contribution in [-0.2, 0) is 6.42 Å². The molecule has 1 aliphatic rings. The lowest BCUT2D eigenvalue weighted by Gasteiger charge is -2.22. The molecule has 6 rings (SSSR count). The van der Waals surface area contributed by atoms with E-state index >= 15 is 0 Å². The standard InChI is InChI=1S/C26H17ClN2O4S/c1-2-13-6-8-18-20(10-13)34-26(28-18)29-22(14-4-3-5-16(30)11-14)21-23(31)17-12-15(27)7-9-19(17)33-24(21)25(29)32/h3-12,22,30H,2H2,1H3/t22-/m1/s1. The summed E-state index contributed by atoms with van der Waals surface area (Å²) >= 11 is 7.52. The molecule has 3 heterocycles. The molecular weight excluding hydrogens is 472 g/mol. The van der Waals surface area contributed by atoms with Gasteiger partial charge in [0.05, 0.1) is 27.2 Å². The van der Waals surface area contributed by atoms with Gasteiger partial charge in [-0.25, -0.2) is 4.98 Å². The molecule has 0 spiro atoms. The van der Waals surface area contributed by atoms with Gasteiger partial charge >= 0.3 is 0 Å². The predicted molar refractivity (Wildman–Crippen MR) is 133 cm³/mol. The molecule has 0 unspecified atom stereocenters. The summed E-state index contributed by atoms with van der Waals surface area (Å²) in [5.74, 6) is -0.447. The normalized spacial score (nSPS) is 15.4. The summed E-state index contributed by atoms with van der Waals surface area (Å²) in [6, 6.07) is 16.5. The predicted octanol–water partition coefficient (Wildman–Crippen LogP) is 6.07. The molecule has 0 fully saturated rings. The Labute approximate surface area is 202 Å². The van der Waals surface area contributed by atoms with Crippen LogP contribution in [-0.4, -0.2) is 16.0 Å². The second kappa shape index (κ2) is 7.68. The molecule has 3 aromatic carbocycles. The summed E-state index contributed by atoms with van der Waals surface area (Å²) in [6.45, 7) is 2.08. The highest BCUT2D eigenvalue weighted by Gasteiger charge is 2.45. The number of aryl methyl sites for hydroxylation is 1. The van der Waals surface area contributed by atoms with Crippen molar-refractivity contribution in [2.75, 3.05) is 4.90 Å². The van der Waals surface area contributed by atoms with E-state index in [0.29, 0.717) is 21.1 Å². The first kappa shape index (κ1) is 20.9. The molecule has 0 aliphatic carbocycles. The third kappa shape index (κ3) is 3.12. The molecule has 1 atom stereocenters. The minimum atomic E-state index is -0.805. The third-order valence-electron chi connectivity index (χ3n) is 6.07. The summed E-state index contributed by atoms with van der Waals surface area (Å²) in [5, 5.41) is 11.3. The number of hydrogen-bond donors (Lipinski definition) is 1. The summed E-state index contributed by atoms with van der Waals surface area (Å²) in [5.41, 5.74) is 2.68. The molecule has 0 saturated carbocycles. The van der Waals surface area contributed by atoms with Crippen molar-refractivity contribution in [1.29, 1.82) is 0 Å². The molecule has 0 radical (unpaired) electrons. The van der Waals surface area contributed by atoms with Gasteiger partial charge in [0.1, 0.15) is 11.3 Å². The van der Waals surface area contributed by atoms with Crippen molar-refractivity contribution in [3.63, 3.8) is 0 Å². The molecule has 1 aliphatic heterocycles. The van der Waals surface area contributed by atoms with Gasteiger partial charge in [-0.2, -0.15) is 0 Å². The number of nitrogens with zero attached hydrogens (tertiary/aromatic N) is 2. The Bertz CT molecular complexity index is 1690. The monoisotopic (exact) mass is 488 g/mol. The molecule has 6 nitrogen and oxygen atoms in total. The molecule has 34 heavy (non-hydrogen) atoms. The number of amides is 1. The van der Waals surface area contributed by atoms with Crippen LogP contribution >= 0.6 is 22.9 Å². The van der Waals surface area contributed by atoms with E-state index < -0.39 is 11.9 Å². The Morgan fingerprint density at radius 1 is 1.12 bits per heavy atom. The number of carbonyl (C=O) groups is 1. The van der Waals surface area contributed by atoms with E-state index in [9.17, 15) is 14.7 Å². The third-order valence-corrected chi connectivity index (χ3v) is 7.33. The summed E-state index contributed by atoms with van der Waals surface area (Å²) < 4.78 is 6.91. The van der Waals surface area contributed by atoms with Gasteiger partial charge < -0.3 is 9.52 Å². The van der Waals surface area contributed by atoms with E-state index in [1.54, 1.807) is 36.4 Å². The van der Waals surface area contributed by atoms with Gasteiger partial charge in [0.25, 0.3) is 5.91 Å². The fourth-order valence-electron chi connectivity index (χ4n) is 4.43. The van der Waals surface area contributed by atoms with Crippen molar-refractivity contribution in [2.24, 2.45) is 0 Å². The van der Waals surface area contributed by atoms with Gasteiger partial charge in [0, 0.05) is 5.02 Å². The quantitative estimate of drug-likeness (QED) is 0.333. The number of aromatic hydroxyl groups is 1. The minimum Gasteiger partial charge on any atom is -0.508 e. The molecule has 1 amide bonds. The van der Waals surface area contributed by atoms with Crippen molar-refractivity contribution < 1.29 is 14.3 Å². The second-order valence-corrected chi connectivity index (χ2v) is 9.58. The first-order valence-corrected chi connectivity index (χ1v) is 11.9. The molecule has 5 aromatic rings. The first-order chi connectivity index (χ1) is 16.4. The van der Waals surface area contributed by atoms with Gasteiger partial charge in [0.2, 0.25) is 5.76 Å². The Hall–Kier alpha value is -3.68. The van der Waals surface area contributed by atoms with Crippen LogP contribution in [0.5, 0.6) is 5.75 Å². The van der Waals surface area contributed by atoms with Gasteiger partial charge in [0.15, 0.2) is 10.6 Å². The number of carbonyl (C=O) groups excluding carboxylic acids is 1. The summed E-state index contributed by atoms with van der Waals surface area (Å²) in [6.07, 6.45) is 0.886. The molecule has 168 valence electrons. The Balaban J connectivity index is 1.63. The van der Waals surface area contributed by atoms with Crippen LogP contribution in [0, 0.1) is 0 Å². The maximum atomic E-state index is 13.7. The minimum absolute atomic E-state index is 0.0262. The highest BCUT2D eigenvalue weighted by Crippen LogP contribution is 2.44. The maximum absolute atomic E-state index is 13.7. The molecule has 0 bridgehead atoms. The van der Waals surface area contributed by atoms with E-state index in [2.05, 4.69) is 13.0 Å². The van der Waals surface area contributed by atoms with E-state index in [4.69, 9.17) is 21.0 Å². The molecule has 8 heteroatoms. The lowest BCUT2D eigenvalue weighted by atomic mass is 9.98. The summed E-state index contributed by atoms with van der Waals surface area (Å²) in [4.78, 5) is 33.5. The number of halogens is 1. The molecule has 1 N–H and O–H groups in total. The first-order valence-electron chi connectivity index (χ1n) is 10.7. The number of fused-ring (bicyclic) bond motifs is 3. The van der Waals surface area contributed by atoms with E-state index in [1.807, 2.05) is 12.1 Å². The zero-order valence-electron chi connectivity index (χ0n) is 17.9. The number of phenols is 1. The zero-order chi connectivity index (χ0) is 23.6. The highest BCUT2D eigenvalue weighted by molar-refractivity contribution is 7.22. The van der Waals surface area contributed by atoms with E-state index in [0.717, 1.165) is 16.6 Å². The van der Waals surface area contributed by atoms with Crippen LogP contribution in [0.25, 0.3) is 21.2 Å². The zero-order valence-corrected chi connectivity index (χ0v) is 19.5. The number of anilines is 1. The maximum Gasteiger partial charge on any atom is 0.297 e. The lowest BCUT2D eigenvalue weighted by Crippen LogP contribution is -2.29. The number of phenolic OH excluding ortho intramolecular Hbond substituents is 1. The second-order valence-electron chi connectivity index (χ2n) is 8.14. The van der Waals surface area contributed by atoms with Crippen LogP contribution in [0.2, 0.25) is 5.02 Å². The lowest BCUT2D eigenvalue weighted by molar-refractivity contribution is 0.0971. The SMILES string of the molecule is CCc1ccc2nc(N3C(=O)c4oc5ccc(Cl)cc5c(=O)c4[C@H]3c3cccc(O)c3)sc2c1. The number of rotatable bonds is 3. The average Bonchev–Trinajstić information content (AvgIpc) is 3.37. The highest BCUT2D eigenvalue weighted by atomic mass is 35.5. The Morgan fingerprint density at radius 3 is 2.76 bits per heavy atom. The van der Waals surface area contributed by atoms with Crippen molar-refractivity contribution in [2.45, 2.75) is 19.4 Å². The molecule has 2 aromatic heterocycles. The largest absolute Gasteiger partial charge is 0.508 e. The van der Waals surface area contributed by atoms with E-state index in [-0.39, 0.29) is 28.1 Å². The van der Waals surface area contributed by atoms with Crippen LogP contribution < -0.4 is 10.3 Å². The van der Waals surface area contributed by atoms with Crippen molar-refractivity contribution in [1.82, 2.24) is 4.98 Å². The van der Waals surface area contributed by atoms with Crippen molar-refractivity contribution in [3.8, 4) is 5.75 Å². The fourth-order valence-corrected chi connectivity index (χ4v) is 5.66. The smallest absolute Gasteiger partial charge is 0.297 e. The van der Waals surface area contributed by atoms with Crippen LogP contribution in [0.4, 0.5) is 5.13 Å². The van der Waals surface area contributed by atoms with E-state index in [1.165, 1.54) is 27.9 Å². The molecular formula is C26H17ClN2O4S. The van der Waals surface area contributed by atoms with Crippen molar-refractivity contribution >= 4 is 55.2 Å². The summed E-state index contributed by atoms with van der Waals surface area (Å²) in [7, 11) is 0. The Kier molecular flexibility index (Phi) is 4.72. The fraction of sp³-hybridized carbons (Fsp3) is 0.115.